The van der Waals surface area contributed by atoms with Crippen LogP contribution in [0.2, 0.25) is 5.02 Å². The van der Waals surface area contributed by atoms with E-state index in [0.29, 0.717) is 31.0 Å². The summed E-state index contributed by atoms with van der Waals surface area (Å²) < 4.78 is 5.55. The molecule has 2 N–H and O–H groups in total. The van der Waals surface area contributed by atoms with E-state index in [9.17, 15) is 4.79 Å². The second kappa shape index (κ2) is 7.84. The Kier molecular flexibility index (Phi) is 5.83. The van der Waals surface area contributed by atoms with Gasteiger partial charge in [-0.2, -0.15) is 5.10 Å². The van der Waals surface area contributed by atoms with Crippen LogP contribution in [-0.2, 0) is 11.3 Å². The summed E-state index contributed by atoms with van der Waals surface area (Å²) in [6, 6.07) is 7.18. The van der Waals surface area contributed by atoms with Crippen LogP contribution in [0.5, 0.6) is 5.75 Å². The van der Waals surface area contributed by atoms with Crippen LogP contribution in [0.4, 0.5) is 0 Å². The van der Waals surface area contributed by atoms with Crippen molar-refractivity contribution in [3.8, 4) is 5.75 Å². The number of nitrogens with one attached hydrogen (secondary N) is 2. The Balaban J connectivity index is 1.65. The van der Waals surface area contributed by atoms with Crippen molar-refractivity contribution in [3.05, 3.63) is 46.2 Å². The average Bonchev–Trinajstić information content (AvgIpc) is 2.82. The lowest BCUT2D eigenvalue weighted by Gasteiger charge is -2.07. The first kappa shape index (κ1) is 16.4. The van der Waals surface area contributed by atoms with Gasteiger partial charge in [0.05, 0.1) is 12.3 Å². The van der Waals surface area contributed by atoms with Crippen LogP contribution in [0.1, 0.15) is 29.8 Å². The first-order chi connectivity index (χ1) is 10.6. The summed E-state index contributed by atoms with van der Waals surface area (Å²) in [4.78, 5) is 11.8. The molecule has 0 bridgehead atoms. The van der Waals surface area contributed by atoms with Crippen LogP contribution in [0, 0.1) is 13.8 Å². The van der Waals surface area contributed by atoms with Crippen LogP contribution in [0.15, 0.2) is 24.3 Å². The summed E-state index contributed by atoms with van der Waals surface area (Å²) in [5, 5.41) is 10.6. The number of aromatic nitrogens is 2. The van der Waals surface area contributed by atoms with Gasteiger partial charge >= 0.3 is 0 Å². The van der Waals surface area contributed by atoms with Crippen molar-refractivity contribution in [2.45, 2.75) is 33.2 Å². The van der Waals surface area contributed by atoms with E-state index < -0.39 is 0 Å². The maximum atomic E-state index is 11.8. The van der Waals surface area contributed by atoms with Crippen molar-refractivity contribution in [2.24, 2.45) is 0 Å². The molecule has 0 radical (unpaired) electrons. The first-order valence-corrected chi connectivity index (χ1v) is 7.59. The number of aryl methyl sites for hydroxylation is 2. The van der Waals surface area contributed by atoms with E-state index in [-0.39, 0.29) is 5.91 Å². The fraction of sp³-hybridized carbons (Fsp3) is 0.375. The summed E-state index contributed by atoms with van der Waals surface area (Å²) in [5.74, 6) is 0.772. The number of hydrogen-bond donors (Lipinski definition) is 2. The first-order valence-electron chi connectivity index (χ1n) is 7.22. The molecule has 0 aliphatic rings. The smallest absolute Gasteiger partial charge is 0.220 e. The number of carbonyl (C=O) groups excluding carboxylic acids is 1. The number of rotatable bonds is 7. The summed E-state index contributed by atoms with van der Waals surface area (Å²) >= 11 is 5.80. The molecule has 22 heavy (non-hydrogen) atoms. The number of benzene rings is 1. The molecule has 1 aromatic heterocycles. The van der Waals surface area contributed by atoms with Crippen molar-refractivity contribution in [1.29, 1.82) is 0 Å². The molecule has 1 amide bonds. The van der Waals surface area contributed by atoms with Gasteiger partial charge < -0.3 is 10.1 Å². The Morgan fingerprint density at radius 2 is 2.05 bits per heavy atom. The molecule has 1 aromatic carbocycles. The van der Waals surface area contributed by atoms with Gasteiger partial charge in [0, 0.05) is 29.2 Å². The molecule has 0 unspecified atom stereocenters. The molecule has 2 rings (SSSR count). The average molecular weight is 322 g/mol. The topological polar surface area (TPSA) is 67.0 Å². The third kappa shape index (κ3) is 4.77. The molecule has 1 heterocycles. The summed E-state index contributed by atoms with van der Waals surface area (Å²) in [6.07, 6.45) is 1.10. The molecule has 5 nitrogen and oxygen atoms in total. The summed E-state index contributed by atoms with van der Waals surface area (Å²) in [5.41, 5.74) is 2.96. The lowest BCUT2D eigenvalue weighted by atomic mass is 10.2. The van der Waals surface area contributed by atoms with Crippen LogP contribution in [0.25, 0.3) is 0 Å². The van der Waals surface area contributed by atoms with E-state index in [0.717, 1.165) is 22.7 Å². The fourth-order valence-corrected chi connectivity index (χ4v) is 2.19. The standard InChI is InChI=1S/C16H20ClN3O2/c1-11-15(12(2)20-19-11)10-18-16(21)4-3-9-22-14-7-5-13(17)6-8-14/h5-8H,3-4,9-10H2,1-2H3,(H,18,21)(H,19,20). The molecule has 0 aliphatic heterocycles. The quantitative estimate of drug-likeness (QED) is 0.770. The molecule has 0 saturated heterocycles. The lowest BCUT2D eigenvalue weighted by molar-refractivity contribution is -0.121. The highest BCUT2D eigenvalue weighted by atomic mass is 35.5. The Bertz CT molecular complexity index is 603. The second-order valence-electron chi connectivity index (χ2n) is 5.10. The molecule has 0 atom stereocenters. The molecule has 6 heteroatoms. The van der Waals surface area contributed by atoms with Gasteiger partial charge in [0.25, 0.3) is 0 Å². The van der Waals surface area contributed by atoms with Crippen molar-refractivity contribution in [1.82, 2.24) is 15.5 Å². The molecule has 2 aromatic rings. The monoisotopic (exact) mass is 321 g/mol. The molecule has 0 saturated carbocycles. The van der Waals surface area contributed by atoms with Gasteiger partial charge in [-0.1, -0.05) is 11.6 Å². The SMILES string of the molecule is Cc1n[nH]c(C)c1CNC(=O)CCCOc1ccc(Cl)cc1. The van der Waals surface area contributed by atoms with Crippen molar-refractivity contribution in [3.63, 3.8) is 0 Å². The number of aromatic amines is 1. The van der Waals surface area contributed by atoms with Crippen LogP contribution < -0.4 is 10.1 Å². The van der Waals surface area contributed by atoms with E-state index in [2.05, 4.69) is 15.5 Å². The minimum atomic E-state index is 0.0136. The van der Waals surface area contributed by atoms with E-state index in [1.165, 1.54) is 0 Å². The third-order valence-electron chi connectivity index (χ3n) is 3.37. The number of hydrogen-bond acceptors (Lipinski definition) is 3. The highest BCUT2D eigenvalue weighted by Gasteiger charge is 2.08. The van der Waals surface area contributed by atoms with Gasteiger partial charge in [-0.05, 0) is 44.5 Å². The van der Waals surface area contributed by atoms with Crippen molar-refractivity contribution < 1.29 is 9.53 Å². The van der Waals surface area contributed by atoms with Crippen molar-refractivity contribution in [2.75, 3.05) is 6.61 Å². The summed E-state index contributed by atoms with van der Waals surface area (Å²) in [7, 11) is 0. The number of halogens is 1. The van der Waals surface area contributed by atoms with Crippen LogP contribution in [-0.4, -0.2) is 22.7 Å². The number of carbonyl (C=O) groups is 1. The predicted octanol–water partition coefficient (Wildman–Crippen LogP) is 3.16. The maximum absolute atomic E-state index is 11.8. The molecule has 118 valence electrons. The molecule has 0 aliphatic carbocycles. The number of H-pyrrole nitrogens is 1. The van der Waals surface area contributed by atoms with E-state index in [4.69, 9.17) is 16.3 Å². The molecular formula is C16H20ClN3O2. The minimum absolute atomic E-state index is 0.0136. The lowest BCUT2D eigenvalue weighted by Crippen LogP contribution is -2.23. The van der Waals surface area contributed by atoms with Crippen LogP contribution >= 0.6 is 11.6 Å². The van der Waals surface area contributed by atoms with E-state index in [1.54, 1.807) is 12.1 Å². The number of nitrogens with zero attached hydrogens (tertiary/aromatic N) is 1. The minimum Gasteiger partial charge on any atom is -0.494 e. The highest BCUT2D eigenvalue weighted by molar-refractivity contribution is 6.30. The van der Waals surface area contributed by atoms with Gasteiger partial charge in [-0.3, -0.25) is 9.89 Å². The molecule has 0 fully saturated rings. The fourth-order valence-electron chi connectivity index (χ4n) is 2.06. The van der Waals surface area contributed by atoms with Gasteiger partial charge in [-0.25, -0.2) is 0 Å². The van der Waals surface area contributed by atoms with Gasteiger partial charge in [0.1, 0.15) is 5.75 Å². The Labute approximate surface area is 135 Å². The zero-order valence-electron chi connectivity index (χ0n) is 12.8. The third-order valence-corrected chi connectivity index (χ3v) is 3.63. The van der Waals surface area contributed by atoms with Gasteiger partial charge in [0.15, 0.2) is 0 Å². The zero-order chi connectivity index (χ0) is 15.9. The van der Waals surface area contributed by atoms with Gasteiger partial charge in [0.2, 0.25) is 5.91 Å². The summed E-state index contributed by atoms with van der Waals surface area (Å²) in [6.45, 7) is 4.87. The number of amides is 1. The Hall–Kier alpha value is -2.01. The maximum Gasteiger partial charge on any atom is 0.220 e. The normalized spacial score (nSPS) is 10.5. The van der Waals surface area contributed by atoms with E-state index in [1.807, 2.05) is 26.0 Å². The molecule has 0 spiro atoms. The zero-order valence-corrected chi connectivity index (χ0v) is 13.5. The highest BCUT2D eigenvalue weighted by Crippen LogP contribution is 2.15. The largest absolute Gasteiger partial charge is 0.494 e. The van der Waals surface area contributed by atoms with Crippen LogP contribution in [0.3, 0.4) is 0 Å². The van der Waals surface area contributed by atoms with Crippen molar-refractivity contribution >= 4 is 17.5 Å². The van der Waals surface area contributed by atoms with E-state index >= 15 is 0 Å². The molecular weight excluding hydrogens is 302 g/mol. The predicted molar refractivity (Wildman–Crippen MR) is 86.1 cm³/mol. The second-order valence-corrected chi connectivity index (χ2v) is 5.53. The Morgan fingerprint density at radius 1 is 1.32 bits per heavy atom. The van der Waals surface area contributed by atoms with Gasteiger partial charge in [-0.15, -0.1) is 0 Å². The Morgan fingerprint density at radius 3 is 2.68 bits per heavy atom. The number of ether oxygens (including phenoxy) is 1.